The molecule has 1 aliphatic rings. The zero-order valence-electron chi connectivity index (χ0n) is 15.5. The highest BCUT2D eigenvalue weighted by Gasteiger charge is 2.35. The Labute approximate surface area is 144 Å². The Hall–Kier alpha value is -0.800. The van der Waals surface area contributed by atoms with Crippen molar-refractivity contribution >= 4 is 0 Å². The topological polar surface area (TPSA) is 32.3 Å². The number of nitrogens with one attached hydrogen (secondary N) is 1. The lowest BCUT2D eigenvalue weighted by Crippen LogP contribution is -2.54. The van der Waals surface area contributed by atoms with E-state index in [1.807, 2.05) is 0 Å². The predicted octanol–water partition coefficient (Wildman–Crippen LogP) is 4.69. The van der Waals surface area contributed by atoms with Crippen molar-refractivity contribution in [3.8, 4) is 0 Å². The summed E-state index contributed by atoms with van der Waals surface area (Å²) in [5.41, 5.74) is 0. The number of likely N-dealkylation sites (N-methyl/N-ethyl adjacent to an activating group) is 1. The third-order valence-electron chi connectivity index (χ3n) is 5.11. The van der Waals surface area contributed by atoms with Gasteiger partial charge in [-0.25, -0.2) is 0 Å². The lowest BCUT2D eigenvalue weighted by Gasteiger charge is -2.36. The molecule has 2 N–H and O–H groups in total. The molecule has 0 radical (unpaired) electrons. The average molecular weight is 324 g/mol. The first-order valence-electron chi connectivity index (χ1n) is 9.85. The Morgan fingerprint density at radius 1 is 1.00 bits per heavy atom. The monoisotopic (exact) mass is 323 g/mol. The molecule has 0 saturated heterocycles. The van der Waals surface area contributed by atoms with Gasteiger partial charge in [0.25, 0.3) is 0 Å². The van der Waals surface area contributed by atoms with Crippen LogP contribution in [0.2, 0.25) is 0 Å². The SMILES string of the molecule is CCC/C=C/CCCCCCCCC1NC=C[N+]1(CC)CCO. The second kappa shape index (κ2) is 12.6. The molecule has 2 atom stereocenters. The summed E-state index contributed by atoms with van der Waals surface area (Å²) in [7, 11) is 0. The molecule has 0 amide bonds. The second-order valence-electron chi connectivity index (χ2n) is 6.82. The Morgan fingerprint density at radius 3 is 2.39 bits per heavy atom. The molecule has 134 valence electrons. The molecule has 0 bridgehead atoms. The fourth-order valence-corrected chi connectivity index (χ4v) is 3.51. The van der Waals surface area contributed by atoms with Gasteiger partial charge in [0.2, 0.25) is 0 Å². The summed E-state index contributed by atoms with van der Waals surface area (Å²) in [5, 5.41) is 12.8. The maximum absolute atomic E-state index is 9.32. The predicted molar refractivity (Wildman–Crippen MR) is 99.8 cm³/mol. The zero-order valence-corrected chi connectivity index (χ0v) is 15.5. The molecule has 0 saturated carbocycles. The number of rotatable bonds is 14. The van der Waals surface area contributed by atoms with Gasteiger partial charge in [-0.15, -0.1) is 0 Å². The van der Waals surface area contributed by atoms with Gasteiger partial charge in [-0.2, -0.15) is 0 Å². The van der Waals surface area contributed by atoms with Crippen molar-refractivity contribution in [2.45, 2.75) is 84.2 Å². The van der Waals surface area contributed by atoms with Gasteiger partial charge in [0.05, 0.1) is 19.4 Å². The molecule has 0 aliphatic carbocycles. The van der Waals surface area contributed by atoms with E-state index in [0.29, 0.717) is 6.17 Å². The molecule has 23 heavy (non-hydrogen) atoms. The standard InChI is InChI=1S/C20H39N2O/c1-3-5-6-7-8-9-10-11-12-13-14-15-20-21-16-17-22(20,4-2)18-19-23/h6-7,16-17,20-21,23H,3-5,8-15,18-19H2,1-2H3/q+1/b7-6+. The van der Waals surface area contributed by atoms with Crippen LogP contribution in [-0.4, -0.2) is 35.5 Å². The second-order valence-corrected chi connectivity index (χ2v) is 6.82. The van der Waals surface area contributed by atoms with Crippen molar-refractivity contribution in [2.75, 3.05) is 19.7 Å². The number of quaternary nitrogens is 1. The van der Waals surface area contributed by atoms with E-state index in [0.717, 1.165) is 17.6 Å². The molecule has 0 aromatic carbocycles. The molecule has 1 heterocycles. The number of nitrogens with zero attached hydrogens (tertiary/aromatic N) is 1. The molecular formula is C20H39N2O+. The van der Waals surface area contributed by atoms with Crippen molar-refractivity contribution in [3.05, 3.63) is 24.6 Å². The fourth-order valence-electron chi connectivity index (χ4n) is 3.51. The molecule has 0 spiro atoms. The molecule has 1 rings (SSSR count). The lowest BCUT2D eigenvalue weighted by atomic mass is 10.1. The van der Waals surface area contributed by atoms with Crippen molar-refractivity contribution in [1.29, 1.82) is 0 Å². The maximum Gasteiger partial charge on any atom is 0.166 e. The molecule has 0 aromatic heterocycles. The van der Waals surface area contributed by atoms with E-state index in [-0.39, 0.29) is 6.61 Å². The van der Waals surface area contributed by atoms with Gasteiger partial charge < -0.3 is 10.4 Å². The third-order valence-corrected chi connectivity index (χ3v) is 5.11. The van der Waals surface area contributed by atoms with E-state index in [1.54, 1.807) is 0 Å². The summed E-state index contributed by atoms with van der Waals surface area (Å²) < 4.78 is 0.903. The van der Waals surface area contributed by atoms with Gasteiger partial charge >= 0.3 is 0 Å². The highest BCUT2D eigenvalue weighted by atomic mass is 16.3. The number of unbranched alkanes of at least 4 members (excludes halogenated alkanes) is 7. The van der Waals surface area contributed by atoms with Crippen LogP contribution in [0.3, 0.4) is 0 Å². The minimum atomic E-state index is 0.267. The largest absolute Gasteiger partial charge is 0.390 e. The average Bonchev–Trinajstić information content (AvgIpc) is 2.96. The third kappa shape index (κ3) is 7.54. The minimum Gasteiger partial charge on any atom is -0.390 e. The first-order valence-corrected chi connectivity index (χ1v) is 9.85. The van der Waals surface area contributed by atoms with Crippen molar-refractivity contribution in [1.82, 2.24) is 5.32 Å². The van der Waals surface area contributed by atoms with Crippen LogP contribution in [0.15, 0.2) is 24.6 Å². The zero-order chi connectivity index (χ0) is 16.8. The van der Waals surface area contributed by atoms with Crippen LogP contribution in [0, 0.1) is 0 Å². The Bertz CT molecular complexity index is 341. The molecule has 2 unspecified atom stereocenters. The number of aliphatic hydroxyl groups is 1. The van der Waals surface area contributed by atoms with E-state index in [9.17, 15) is 5.11 Å². The smallest absolute Gasteiger partial charge is 0.166 e. The molecule has 0 fully saturated rings. The van der Waals surface area contributed by atoms with Crippen molar-refractivity contribution < 1.29 is 9.59 Å². The summed E-state index contributed by atoms with van der Waals surface area (Å²) in [6.07, 6.45) is 22.5. The Kier molecular flexibility index (Phi) is 11.1. The number of allylic oxidation sites excluding steroid dienone is 2. The molecule has 3 heteroatoms. The van der Waals surface area contributed by atoms with Crippen molar-refractivity contribution in [2.24, 2.45) is 0 Å². The van der Waals surface area contributed by atoms with Gasteiger partial charge in [-0.3, -0.25) is 4.48 Å². The Balaban J connectivity index is 2.02. The fraction of sp³-hybridized carbons (Fsp3) is 0.800. The summed E-state index contributed by atoms with van der Waals surface area (Å²) in [6.45, 7) is 6.60. The quantitative estimate of drug-likeness (QED) is 0.276. The van der Waals surface area contributed by atoms with E-state index >= 15 is 0 Å². The van der Waals surface area contributed by atoms with Crippen molar-refractivity contribution in [3.63, 3.8) is 0 Å². The maximum atomic E-state index is 9.32. The van der Waals surface area contributed by atoms with Gasteiger partial charge in [-0.1, -0.05) is 51.2 Å². The highest BCUT2D eigenvalue weighted by Crippen LogP contribution is 2.22. The summed E-state index contributed by atoms with van der Waals surface area (Å²) in [6, 6.07) is 0. The number of hydrogen-bond donors (Lipinski definition) is 2. The summed E-state index contributed by atoms with van der Waals surface area (Å²) in [4.78, 5) is 0. The van der Waals surface area contributed by atoms with Crippen LogP contribution >= 0.6 is 0 Å². The van der Waals surface area contributed by atoms with Gasteiger partial charge in [0, 0.05) is 6.42 Å². The van der Waals surface area contributed by atoms with Crippen LogP contribution in [0.25, 0.3) is 0 Å². The molecule has 1 aliphatic heterocycles. The first kappa shape index (κ1) is 20.2. The van der Waals surface area contributed by atoms with E-state index in [1.165, 1.54) is 64.2 Å². The van der Waals surface area contributed by atoms with Crippen LogP contribution in [0.4, 0.5) is 0 Å². The normalized spacial score (nSPS) is 23.7. The van der Waals surface area contributed by atoms with Crippen LogP contribution < -0.4 is 5.32 Å². The van der Waals surface area contributed by atoms with Gasteiger partial charge in [0.15, 0.2) is 6.17 Å². The van der Waals surface area contributed by atoms with Gasteiger partial charge in [0.1, 0.15) is 12.7 Å². The summed E-state index contributed by atoms with van der Waals surface area (Å²) in [5.74, 6) is 0. The van der Waals surface area contributed by atoms with E-state index < -0.39 is 0 Å². The van der Waals surface area contributed by atoms with Gasteiger partial charge in [-0.05, 0) is 32.6 Å². The first-order chi connectivity index (χ1) is 11.3. The molecule has 3 nitrogen and oxygen atoms in total. The van der Waals surface area contributed by atoms with Crippen LogP contribution in [0.5, 0.6) is 0 Å². The molecule has 0 aromatic rings. The van der Waals surface area contributed by atoms with Crippen LogP contribution in [0.1, 0.15) is 78.1 Å². The lowest BCUT2D eigenvalue weighted by molar-refractivity contribution is -0.900. The van der Waals surface area contributed by atoms with E-state index in [4.69, 9.17) is 0 Å². The summed E-state index contributed by atoms with van der Waals surface area (Å²) >= 11 is 0. The minimum absolute atomic E-state index is 0.267. The number of hydrogen-bond acceptors (Lipinski definition) is 2. The van der Waals surface area contributed by atoms with E-state index in [2.05, 4.69) is 43.7 Å². The van der Waals surface area contributed by atoms with Crippen LogP contribution in [-0.2, 0) is 0 Å². The number of aliphatic hydroxyl groups excluding tert-OH is 1. The highest BCUT2D eigenvalue weighted by molar-refractivity contribution is 4.84. The molecular weight excluding hydrogens is 284 g/mol. The Morgan fingerprint density at radius 2 is 1.70 bits per heavy atom.